The van der Waals surface area contributed by atoms with Gasteiger partial charge in [-0.1, -0.05) is 59.5 Å². The molecule has 0 rings (SSSR count). The first-order valence-corrected chi connectivity index (χ1v) is 6.66. The van der Waals surface area contributed by atoms with Crippen LogP contribution in [0.15, 0.2) is 24.8 Å². The number of unbranched alkanes of at least 4 members (excludes halogenated alkanes) is 4. The highest BCUT2D eigenvalue weighted by atomic mass is 35.6. The first-order chi connectivity index (χ1) is 7.98. The van der Waals surface area contributed by atoms with Crippen LogP contribution in [0, 0.1) is 5.41 Å². The van der Waals surface area contributed by atoms with Crippen molar-refractivity contribution in [3.63, 3.8) is 0 Å². The van der Waals surface area contributed by atoms with E-state index in [9.17, 15) is 0 Å². The van der Waals surface area contributed by atoms with E-state index in [-0.39, 0.29) is 12.5 Å². The average molecular weight is 299 g/mol. The number of hydrogen-bond acceptors (Lipinski definition) is 2. The molecule has 17 heavy (non-hydrogen) atoms. The van der Waals surface area contributed by atoms with Crippen molar-refractivity contribution in [1.82, 2.24) is 0 Å². The van der Waals surface area contributed by atoms with Crippen LogP contribution in [-0.4, -0.2) is 16.3 Å². The molecule has 0 aliphatic carbocycles. The van der Waals surface area contributed by atoms with Crippen molar-refractivity contribution in [3.8, 4) is 0 Å². The van der Waals surface area contributed by atoms with Crippen molar-refractivity contribution in [2.24, 2.45) is 0 Å². The standard InChI is InChI=1S/C12H18Cl3NO/c1-2-3-4-5-6-7-8-9-10-17-11(16)12(13,14)15/h2,8-9,16H,1,3-7,10H2/b9-8+,16-11?. The Morgan fingerprint density at radius 2 is 1.76 bits per heavy atom. The summed E-state index contributed by atoms with van der Waals surface area (Å²) >= 11 is 16.3. The second-order valence-corrected chi connectivity index (χ2v) is 5.82. The molecule has 0 aromatic heterocycles. The number of alkyl halides is 3. The van der Waals surface area contributed by atoms with Crippen LogP contribution >= 0.6 is 34.8 Å². The maximum Gasteiger partial charge on any atom is 0.265 e. The minimum atomic E-state index is -1.77. The average Bonchev–Trinajstić information content (AvgIpc) is 2.25. The third-order valence-corrected chi connectivity index (χ3v) is 2.54. The van der Waals surface area contributed by atoms with E-state index in [1.54, 1.807) is 0 Å². The minimum absolute atomic E-state index is 0.263. The molecule has 0 heterocycles. The van der Waals surface area contributed by atoms with Crippen LogP contribution in [0.25, 0.3) is 0 Å². The first-order valence-electron chi connectivity index (χ1n) is 5.53. The fourth-order valence-corrected chi connectivity index (χ4v) is 1.29. The van der Waals surface area contributed by atoms with Gasteiger partial charge in [0.15, 0.2) is 0 Å². The lowest BCUT2D eigenvalue weighted by molar-refractivity contribution is 0.339. The molecule has 5 heteroatoms. The van der Waals surface area contributed by atoms with Crippen LogP contribution in [0.4, 0.5) is 0 Å². The van der Waals surface area contributed by atoms with Gasteiger partial charge in [0.2, 0.25) is 5.90 Å². The van der Waals surface area contributed by atoms with Crippen LogP contribution < -0.4 is 0 Å². The molecule has 0 bridgehead atoms. The van der Waals surface area contributed by atoms with Crippen LogP contribution in [0.2, 0.25) is 0 Å². The maximum atomic E-state index is 7.27. The van der Waals surface area contributed by atoms with Gasteiger partial charge in [0.1, 0.15) is 6.61 Å². The summed E-state index contributed by atoms with van der Waals surface area (Å²) in [4.78, 5) is 0. The van der Waals surface area contributed by atoms with E-state index in [0.717, 1.165) is 19.3 Å². The molecule has 0 saturated heterocycles. The molecule has 0 spiro atoms. The van der Waals surface area contributed by atoms with Crippen molar-refractivity contribution in [2.45, 2.75) is 35.9 Å². The van der Waals surface area contributed by atoms with Gasteiger partial charge in [-0.15, -0.1) is 6.58 Å². The second-order valence-electron chi connectivity index (χ2n) is 3.54. The summed E-state index contributed by atoms with van der Waals surface area (Å²) in [5.74, 6) is -0.349. The number of nitrogens with one attached hydrogen (secondary N) is 1. The molecule has 1 N–H and O–H groups in total. The molecule has 2 nitrogen and oxygen atoms in total. The fraction of sp³-hybridized carbons (Fsp3) is 0.583. The van der Waals surface area contributed by atoms with Crippen molar-refractivity contribution in [2.75, 3.05) is 6.61 Å². The molecule has 0 unspecified atom stereocenters. The Morgan fingerprint density at radius 3 is 2.35 bits per heavy atom. The molecular weight excluding hydrogens is 280 g/mol. The first kappa shape index (κ1) is 16.8. The molecule has 98 valence electrons. The minimum Gasteiger partial charge on any atom is -0.474 e. The molecule has 0 fully saturated rings. The summed E-state index contributed by atoms with van der Waals surface area (Å²) in [6.45, 7) is 3.94. The van der Waals surface area contributed by atoms with E-state index in [2.05, 4.69) is 6.58 Å². The zero-order chi connectivity index (χ0) is 13.1. The smallest absolute Gasteiger partial charge is 0.265 e. The van der Waals surface area contributed by atoms with E-state index in [0.29, 0.717) is 0 Å². The predicted molar refractivity (Wildman–Crippen MR) is 76.4 cm³/mol. The lowest BCUT2D eigenvalue weighted by atomic mass is 10.1. The maximum absolute atomic E-state index is 7.27. The lowest BCUT2D eigenvalue weighted by Crippen LogP contribution is -2.21. The van der Waals surface area contributed by atoms with Gasteiger partial charge in [-0.2, -0.15) is 0 Å². The highest BCUT2D eigenvalue weighted by Gasteiger charge is 2.28. The zero-order valence-electron chi connectivity index (χ0n) is 9.72. The summed E-state index contributed by atoms with van der Waals surface area (Å²) < 4.78 is 3.17. The van der Waals surface area contributed by atoms with E-state index in [1.165, 1.54) is 12.8 Å². The normalized spacial score (nSPS) is 11.7. The Morgan fingerprint density at radius 1 is 1.12 bits per heavy atom. The van der Waals surface area contributed by atoms with Crippen molar-refractivity contribution >= 4 is 40.7 Å². The topological polar surface area (TPSA) is 33.1 Å². The van der Waals surface area contributed by atoms with Gasteiger partial charge < -0.3 is 4.74 Å². The van der Waals surface area contributed by atoms with Crippen LogP contribution in [-0.2, 0) is 4.74 Å². The van der Waals surface area contributed by atoms with Crippen LogP contribution in [0.1, 0.15) is 32.1 Å². The van der Waals surface area contributed by atoms with Crippen molar-refractivity contribution < 1.29 is 4.74 Å². The van der Waals surface area contributed by atoms with Crippen molar-refractivity contribution in [3.05, 3.63) is 24.8 Å². The molecule has 0 amide bonds. The number of allylic oxidation sites excluding steroid dienone is 2. The predicted octanol–water partition coefficient (Wildman–Crippen LogP) is 5.04. The van der Waals surface area contributed by atoms with Gasteiger partial charge in [0.05, 0.1) is 0 Å². The summed E-state index contributed by atoms with van der Waals surface area (Å²) in [5.41, 5.74) is 0. The molecule has 0 atom stereocenters. The number of hydrogen-bond donors (Lipinski definition) is 1. The monoisotopic (exact) mass is 297 g/mol. The van der Waals surface area contributed by atoms with Gasteiger partial charge in [-0.25, -0.2) is 0 Å². The third-order valence-electron chi connectivity index (χ3n) is 2.03. The van der Waals surface area contributed by atoms with Gasteiger partial charge in [-0.3, -0.25) is 5.41 Å². The van der Waals surface area contributed by atoms with Crippen LogP contribution in [0.3, 0.4) is 0 Å². The zero-order valence-corrected chi connectivity index (χ0v) is 12.0. The molecule has 0 aliphatic heterocycles. The second kappa shape index (κ2) is 9.81. The molecule has 0 saturated carbocycles. The van der Waals surface area contributed by atoms with Gasteiger partial charge in [0.25, 0.3) is 3.79 Å². The van der Waals surface area contributed by atoms with Crippen LogP contribution in [0.5, 0.6) is 0 Å². The van der Waals surface area contributed by atoms with E-state index in [1.807, 2.05) is 18.2 Å². The molecule has 0 radical (unpaired) electrons. The number of rotatable bonds is 8. The highest BCUT2D eigenvalue weighted by molar-refractivity contribution is 6.76. The Labute approximate surface area is 118 Å². The van der Waals surface area contributed by atoms with E-state index >= 15 is 0 Å². The summed E-state index contributed by atoms with van der Waals surface area (Å²) in [6.07, 6.45) is 11.4. The van der Waals surface area contributed by atoms with Gasteiger partial charge in [0, 0.05) is 0 Å². The molecule has 0 aliphatic rings. The van der Waals surface area contributed by atoms with Gasteiger partial charge in [-0.05, 0) is 25.7 Å². The molecular formula is C12H18Cl3NO. The van der Waals surface area contributed by atoms with E-state index in [4.69, 9.17) is 44.9 Å². The van der Waals surface area contributed by atoms with E-state index < -0.39 is 3.79 Å². The number of halogens is 3. The fourth-order valence-electron chi connectivity index (χ4n) is 1.13. The van der Waals surface area contributed by atoms with Gasteiger partial charge >= 0.3 is 0 Å². The Hall–Kier alpha value is -0.180. The summed E-state index contributed by atoms with van der Waals surface area (Å²) in [7, 11) is 0. The highest BCUT2D eigenvalue weighted by Crippen LogP contribution is 2.27. The third kappa shape index (κ3) is 10.7. The largest absolute Gasteiger partial charge is 0.474 e. The molecule has 0 aromatic carbocycles. The SMILES string of the molecule is C=CCCCCC/C=C/COC(=N)C(Cl)(Cl)Cl. The van der Waals surface area contributed by atoms with Crippen molar-refractivity contribution in [1.29, 1.82) is 5.41 Å². The summed E-state index contributed by atoms with van der Waals surface area (Å²) in [6, 6.07) is 0. The molecule has 0 aromatic rings. The summed E-state index contributed by atoms with van der Waals surface area (Å²) in [5, 5.41) is 7.27. The Kier molecular flexibility index (Phi) is 9.71. The Bertz CT molecular complexity index is 259. The number of ether oxygens (including phenoxy) is 1. The quantitative estimate of drug-likeness (QED) is 0.220. The Balaban J connectivity index is 3.43. The lowest BCUT2D eigenvalue weighted by Gasteiger charge is -2.11.